The summed E-state index contributed by atoms with van der Waals surface area (Å²) in [6.45, 7) is 0. The number of ketones is 1. The number of aromatic nitrogens is 1. The lowest BCUT2D eigenvalue weighted by molar-refractivity contribution is -0.129. The molecule has 5 nitrogen and oxygen atoms in total. The van der Waals surface area contributed by atoms with Crippen molar-refractivity contribution >= 4 is 15.6 Å². The average molecular weight is 402 g/mol. The monoisotopic (exact) mass is 402 g/mol. The van der Waals surface area contributed by atoms with Crippen LogP contribution in [0.2, 0.25) is 0 Å². The molecule has 1 heterocycles. The zero-order valence-electron chi connectivity index (χ0n) is 14.0. The number of rotatable bonds is 6. The highest BCUT2D eigenvalue weighted by atomic mass is 32.2. The molecule has 144 valence electrons. The average Bonchev–Trinajstić information content (AvgIpc) is 2.97. The van der Waals surface area contributed by atoms with E-state index in [0.717, 1.165) is 18.3 Å². The molecule has 2 aromatic rings. The number of Topliss-reactive ketones (excluding diaryl/α,β-unsaturated/α-hetero) is 1. The molecule has 0 spiro atoms. The first-order valence-electron chi connectivity index (χ1n) is 7.60. The maximum atomic E-state index is 13.3. The van der Waals surface area contributed by atoms with Crippen molar-refractivity contribution in [2.24, 2.45) is 7.05 Å². The van der Waals surface area contributed by atoms with Crippen molar-refractivity contribution in [1.29, 1.82) is 5.26 Å². The predicted octanol–water partition coefficient (Wildman–Crippen LogP) is 3.19. The quantitative estimate of drug-likeness (QED) is 0.549. The first-order valence-corrected chi connectivity index (χ1v) is 9.26. The second-order valence-corrected chi connectivity index (χ2v) is 7.99. The Hall–Kier alpha value is -2.67. The van der Waals surface area contributed by atoms with Crippen LogP contribution in [0.3, 0.4) is 0 Å². The summed E-state index contributed by atoms with van der Waals surface area (Å²) in [6.07, 6.45) is -5.25. The first kappa shape index (κ1) is 20.6. The summed E-state index contributed by atoms with van der Waals surface area (Å²) in [4.78, 5) is 12.0. The van der Waals surface area contributed by atoms with Crippen LogP contribution in [-0.2, 0) is 23.3 Å². The molecule has 0 unspecified atom stereocenters. The van der Waals surface area contributed by atoms with Gasteiger partial charge in [0.25, 0.3) is 0 Å². The first-order chi connectivity index (χ1) is 12.4. The third-order valence-corrected chi connectivity index (χ3v) is 5.48. The second kappa shape index (κ2) is 7.52. The van der Waals surface area contributed by atoms with Crippen LogP contribution < -0.4 is 0 Å². The van der Waals surface area contributed by atoms with Crippen LogP contribution in [0.15, 0.2) is 35.4 Å². The molecule has 0 radical (unpaired) electrons. The van der Waals surface area contributed by atoms with Gasteiger partial charge >= 0.3 is 6.18 Å². The maximum Gasteiger partial charge on any atom is 0.390 e. The third-order valence-electron chi connectivity index (χ3n) is 3.79. The standard InChI is InChI=1S/C17H14F4N2O3S/c1-23-10-13(27(25,26)5-4-17(19,20)21)8-15(23)16(24)7-11-2-3-14(18)12(6-11)9-22/h2-3,6,8,10H,4-5,7H2,1H3. The lowest BCUT2D eigenvalue weighted by Crippen LogP contribution is -2.16. The number of hydrogen-bond donors (Lipinski definition) is 0. The molecular formula is C17H14F4N2O3S. The molecule has 0 aliphatic carbocycles. The number of nitrogens with zero attached hydrogens (tertiary/aromatic N) is 2. The Morgan fingerprint density at radius 3 is 2.52 bits per heavy atom. The van der Waals surface area contributed by atoms with Crippen LogP contribution in [0.25, 0.3) is 0 Å². The number of hydrogen-bond acceptors (Lipinski definition) is 4. The van der Waals surface area contributed by atoms with Gasteiger partial charge in [0.2, 0.25) is 0 Å². The molecule has 0 bridgehead atoms. The zero-order valence-corrected chi connectivity index (χ0v) is 14.9. The van der Waals surface area contributed by atoms with Crippen molar-refractivity contribution in [3.05, 3.63) is 53.1 Å². The lowest BCUT2D eigenvalue weighted by Gasteiger charge is -2.05. The van der Waals surface area contributed by atoms with E-state index in [1.54, 1.807) is 6.07 Å². The predicted molar refractivity (Wildman–Crippen MR) is 87.3 cm³/mol. The van der Waals surface area contributed by atoms with Crippen molar-refractivity contribution in [1.82, 2.24) is 4.57 Å². The van der Waals surface area contributed by atoms with Gasteiger partial charge in [0.1, 0.15) is 11.9 Å². The van der Waals surface area contributed by atoms with Gasteiger partial charge in [-0.1, -0.05) is 6.07 Å². The number of benzene rings is 1. The van der Waals surface area contributed by atoms with Gasteiger partial charge in [-0.15, -0.1) is 0 Å². The number of alkyl halides is 3. The fourth-order valence-electron chi connectivity index (χ4n) is 2.39. The topological polar surface area (TPSA) is 79.9 Å². The fourth-order valence-corrected chi connectivity index (χ4v) is 3.74. The van der Waals surface area contributed by atoms with E-state index in [0.29, 0.717) is 5.56 Å². The Bertz CT molecular complexity index is 1020. The van der Waals surface area contributed by atoms with E-state index in [2.05, 4.69) is 0 Å². The minimum absolute atomic E-state index is 0.0246. The van der Waals surface area contributed by atoms with Crippen molar-refractivity contribution in [2.75, 3.05) is 5.75 Å². The van der Waals surface area contributed by atoms with Crippen molar-refractivity contribution in [3.8, 4) is 6.07 Å². The summed E-state index contributed by atoms with van der Waals surface area (Å²) in [7, 11) is -2.81. The van der Waals surface area contributed by atoms with Crippen molar-refractivity contribution in [3.63, 3.8) is 0 Å². The molecule has 1 aromatic carbocycles. The molecule has 0 aliphatic rings. The number of carbonyl (C=O) groups is 1. The summed E-state index contributed by atoms with van der Waals surface area (Å²) in [6, 6.07) is 6.23. The minimum Gasteiger partial charge on any atom is -0.347 e. The summed E-state index contributed by atoms with van der Waals surface area (Å²) in [5.41, 5.74) is 0.0895. The van der Waals surface area contributed by atoms with Gasteiger partial charge in [0, 0.05) is 19.7 Å². The molecule has 0 fully saturated rings. The van der Waals surface area contributed by atoms with Crippen LogP contribution >= 0.6 is 0 Å². The molecule has 0 aliphatic heterocycles. The van der Waals surface area contributed by atoms with E-state index in [1.807, 2.05) is 0 Å². The van der Waals surface area contributed by atoms with Gasteiger partial charge in [0.05, 0.1) is 28.3 Å². The summed E-state index contributed by atoms with van der Waals surface area (Å²) < 4.78 is 75.4. The van der Waals surface area contributed by atoms with Gasteiger partial charge in [-0.2, -0.15) is 18.4 Å². The largest absolute Gasteiger partial charge is 0.390 e. The molecule has 0 N–H and O–H groups in total. The Morgan fingerprint density at radius 2 is 1.93 bits per heavy atom. The Labute approximate surface area is 152 Å². The van der Waals surface area contributed by atoms with Crippen LogP contribution in [0.5, 0.6) is 0 Å². The number of halogens is 4. The smallest absolute Gasteiger partial charge is 0.347 e. The van der Waals surface area contributed by atoms with Gasteiger partial charge in [-0.05, 0) is 23.8 Å². The maximum absolute atomic E-state index is 13.3. The molecule has 0 amide bonds. The molecule has 0 saturated heterocycles. The molecule has 1 aromatic heterocycles. The summed E-state index contributed by atoms with van der Waals surface area (Å²) in [5, 5.41) is 8.81. The zero-order chi connectivity index (χ0) is 20.4. The molecule has 27 heavy (non-hydrogen) atoms. The van der Waals surface area contributed by atoms with Gasteiger partial charge < -0.3 is 4.57 Å². The van der Waals surface area contributed by atoms with Gasteiger partial charge in [-0.3, -0.25) is 4.79 Å². The number of carbonyl (C=O) groups excluding carboxylic acids is 1. The molecule has 0 saturated carbocycles. The van der Waals surface area contributed by atoms with E-state index in [9.17, 15) is 30.8 Å². The van der Waals surface area contributed by atoms with Crippen LogP contribution in [-0.4, -0.2) is 30.7 Å². The van der Waals surface area contributed by atoms with Crippen LogP contribution in [0.4, 0.5) is 17.6 Å². The number of sulfone groups is 1. The highest BCUT2D eigenvalue weighted by Gasteiger charge is 2.31. The van der Waals surface area contributed by atoms with Crippen LogP contribution in [0.1, 0.15) is 28.0 Å². The lowest BCUT2D eigenvalue weighted by atomic mass is 10.0. The Kier molecular flexibility index (Phi) is 5.75. The highest BCUT2D eigenvalue weighted by Crippen LogP contribution is 2.24. The van der Waals surface area contributed by atoms with Crippen LogP contribution in [0, 0.1) is 17.1 Å². The minimum atomic E-state index is -4.61. The van der Waals surface area contributed by atoms with Crippen molar-refractivity contribution in [2.45, 2.75) is 23.9 Å². The highest BCUT2D eigenvalue weighted by molar-refractivity contribution is 7.91. The molecule has 0 atom stereocenters. The van der Waals surface area contributed by atoms with Crippen molar-refractivity contribution < 1.29 is 30.8 Å². The molecule has 10 heteroatoms. The SMILES string of the molecule is Cn1cc(S(=O)(=O)CCC(F)(F)F)cc1C(=O)Cc1ccc(F)c(C#N)c1. The molecule has 2 rings (SSSR count). The summed E-state index contributed by atoms with van der Waals surface area (Å²) in [5.74, 6) is -2.37. The van der Waals surface area contributed by atoms with E-state index in [1.165, 1.54) is 23.7 Å². The Balaban J connectivity index is 2.23. The molecular weight excluding hydrogens is 388 g/mol. The third kappa shape index (κ3) is 5.17. The number of nitriles is 1. The van der Waals surface area contributed by atoms with E-state index >= 15 is 0 Å². The Morgan fingerprint density at radius 1 is 1.26 bits per heavy atom. The number of aryl methyl sites for hydroxylation is 1. The summed E-state index contributed by atoms with van der Waals surface area (Å²) >= 11 is 0. The van der Waals surface area contributed by atoms with Gasteiger partial charge in [0.15, 0.2) is 15.6 Å². The van der Waals surface area contributed by atoms with E-state index in [4.69, 9.17) is 5.26 Å². The van der Waals surface area contributed by atoms with E-state index < -0.39 is 39.8 Å². The van der Waals surface area contributed by atoms with E-state index in [-0.39, 0.29) is 22.6 Å². The second-order valence-electron chi connectivity index (χ2n) is 5.88. The normalized spacial score (nSPS) is 12.0. The fraction of sp³-hybridized carbons (Fsp3) is 0.294. The van der Waals surface area contributed by atoms with Gasteiger partial charge in [-0.25, -0.2) is 12.8 Å².